The highest BCUT2D eigenvalue weighted by atomic mass is 35.5. The minimum atomic E-state index is -0.469. The third-order valence-corrected chi connectivity index (χ3v) is 4.72. The molecule has 0 radical (unpaired) electrons. The van der Waals surface area contributed by atoms with Gasteiger partial charge in [0.2, 0.25) is 0 Å². The van der Waals surface area contributed by atoms with Crippen molar-refractivity contribution >= 4 is 22.6 Å². The second-order valence-electron chi connectivity index (χ2n) is 6.34. The Balaban J connectivity index is 1.87. The number of hydrogen-bond acceptors (Lipinski definition) is 3. The topological polar surface area (TPSA) is 39.4 Å². The minimum absolute atomic E-state index is 0.363. The van der Waals surface area contributed by atoms with Crippen molar-refractivity contribution in [2.24, 2.45) is 0 Å². The third kappa shape index (κ3) is 3.60. The van der Waals surface area contributed by atoms with E-state index in [4.69, 9.17) is 20.8 Å². The monoisotopic (exact) mass is 376 g/mol. The smallest absolute Gasteiger partial charge is 0.339 e. The van der Waals surface area contributed by atoms with Crippen molar-refractivity contribution in [1.82, 2.24) is 0 Å². The van der Waals surface area contributed by atoms with Crippen molar-refractivity contribution in [2.75, 3.05) is 0 Å². The van der Waals surface area contributed by atoms with Crippen LogP contribution in [0.15, 0.2) is 82.0 Å². The lowest BCUT2D eigenvalue weighted by atomic mass is 10.0. The first-order valence-electron chi connectivity index (χ1n) is 8.62. The highest BCUT2D eigenvalue weighted by molar-refractivity contribution is 6.32. The minimum Gasteiger partial charge on any atom is -0.488 e. The van der Waals surface area contributed by atoms with Crippen molar-refractivity contribution < 1.29 is 9.15 Å². The van der Waals surface area contributed by atoms with Crippen LogP contribution in [0.25, 0.3) is 22.1 Å². The average molecular weight is 377 g/mol. The van der Waals surface area contributed by atoms with Crippen molar-refractivity contribution in [2.45, 2.75) is 13.5 Å². The van der Waals surface area contributed by atoms with E-state index in [0.717, 1.165) is 27.6 Å². The van der Waals surface area contributed by atoms with Gasteiger partial charge in [0.1, 0.15) is 17.9 Å². The number of rotatable bonds is 4. The molecular weight excluding hydrogens is 360 g/mol. The summed E-state index contributed by atoms with van der Waals surface area (Å²) in [5.41, 5.74) is 3.98. The first kappa shape index (κ1) is 17.4. The molecule has 3 aromatic carbocycles. The van der Waals surface area contributed by atoms with Gasteiger partial charge in [0.15, 0.2) is 0 Å². The fraction of sp³-hybridized carbons (Fsp3) is 0.0870. The molecule has 1 heterocycles. The van der Waals surface area contributed by atoms with Crippen LogP contribution in [-0.4, -0.2) is 0 Å². The van der Waals surface area contributed by atoms with Crippen molar-refractivity contribution in [3.05, 3.63) is 99.4 Å². The Bertz CT molecular complexity index is 1160. The molecule has 0 atom stereocenters. The molecule has 0 aliphatic rings. The number of halogens is 1. The van der Waals surface area contributed by atoms with E-state index in [9.17, 15) is 4.79 Å². The molecule has 4 heteroatoms. The van der Waals surface area contributed by atoms with E-state index in [0.29, 0.717) is 23.0 Å². The highest BCUT2D eigenvalue weighted by Gasteiger charge is 2.15. The molecule has 3 nitrogen and oxygen atoms in total. The maximum Gasteiger partial charge on any atom is 0.339 e. The predicted octanol–water partition coefficient (Wildman–Crippen LogP) is 6.00. The first-order valence-corrected chi connectivity index (χ1v) is 9.00. The number of ether oxygens (including phenoxy) is 1. The van der Waals surface area contributed by atoms with E-state index in [1.54, 1.807) is 6.07 Å². The quantitative estimate of drug-likeness (QED) is 0.410. The predicted molar refractivity (Wildman–Crippen MR) is 108 cm³/mol. The van der Waals surface area contributed by atoms with E-state index >= 15 is 0 Å². The zero-order chi connectivity index (χ0) is 18.8. The molecule has 0 saturated carbocycles. The van der Waals surface area contributed by atoms with Crippen LogP contribution in [0.3, 0.4) is 0 Å². The molecule has 0 aliphatic carbocycles. The third-order valence-electron chi connectivity index (χ3n) is 4.50. The molecule has 134 valence electrons. The van der Waals surface area contributed by atoms with Gasteiger partial charge in [-0.15, -0.1) is 0 Å². The molecule has 0 aliphatic heterocycles. The second-order valence-corrected chi connectivity index (χ2v) is 6.77. The van der Waals surface area contributed by atoms with Gasteiger partial charge in [-0.1, -0.05) is 66.2 Å². The van der Waals surface area contributed by atoms with Crippen molar-refractivity contribution in [1.29, 1.82) is 0 Å². The Morgan fingerprint density at radius 3 is 2.48 bits per heavy atom. The first-order chi connectivity index (χ1) is 13.1. The molecule has 4 aromatic rings. The van der Waals surface area contributed by atoms with Crippen LogP contribution in [0.1, 0.15) is 11.1 Å². The van der Waals surface area contributed by atoms with Crippen LogP contribution in [0.5, 0.6) is 5.75 Å². The Labute approximate surface area is 161 Å². The number of fused-ring (bicyclic) bond motifs is 1. The summed E-state index contributed by atoms with van der Waals surface area (Å²) in [5.74, 6) is 0.486. The van der Waals surface area contributed by atoms with Gasteiger partial charge in [-0.3, -0.25) is 0 Å². The second kappa shape index (κ2) is 7.29. The molecule has 1 aromatic heterocycles. The Kier molecular flexibility index (Phi) is 4.69. The lowest BCUT2D eigenvalue weighted by Gasteiger charge is -2.13. The van der Waals surface area contributed by atoms with Gasteiger partial charge in [-0.2, -0.15) is 0 Å². The summed E-state index contributed by atoms with van der Waals surface area (Å²) in [7, 11) is 0. The van der Waals surface area contributed by atoms with Gasteiger partial charge in [0.05, 0.1) is 11.5 Å². The lowest BCUT2D eigenvalue weighted by Crippen LogP contribution is -2.04. The number of benzene rings is 3. The van der Waals surface area contributed by atoms with Crippen LogP contribution in [0.2, 0.25) is 5.02 Å². The summed E-state index contributed by atoms with van der Waals surface area (Å²) in [6.45, 7) is 2.40. The molecule has 0 unspecified atom stereocenters. The van der Waals surface area contributed by atoms with E-state index in [2.05, 4.69) is 0 Å². The molecule has 4 rings (SSSR count). The normalized spacial score (nSPS) is 10.9. The maximum absolute atomic E-state index is 12.1. The Morgan fingerprint density at radius 1 is 0.963 bits per heavy atom. The van der Waals surface area contributed by atoms with Crippen LogP contribution in [-0.2, 0) is 6.61 Å². The molecule has 0 fully saturated rings. The van der Waals surface area contributed by atoms with Crippen LogP contribution < -0.4 is 10.4 Å². The van der Waals surface area contributed by atoms with E-state index < -0.39 is 5.63 Å². The number of hydrogen-bond donors (Lipinski definition) is 0. The summed E-state index contributed by atoms with van der Waals surface area (Å²) >= 11 is 6.27. The number of aryl methyl sites for hydroxylation is 1. The van der Waals surface area contributed by atoms with Gasteiger partial charge in [-0.25, -0.2) is 4.79 Å². The molecule has 27 heavy (non-hydrogen) atoms. The van der Waals surface area contributed by atoms with Crippen molar-refractivity contribution in [3.8, 4) is 16.9 Å². The fourth-order valence-corrected chi connectivity index (χ4v) is 3.33. The van der Waals surface area contributed by atoms with Crippen LogP contribution in [0, 0.1) is 6.92 Å². The molecule has 0 spiro atoms. The molecule has 0 bridgehead atoms. The van der Waals surface area contributed by atoms with Crippen molar-refractivity contribution in [3.63, 3.8) is 0 Å². The average Bonchev–Trinajstić information content (AvgIpc) is 2.66. The van der Waals surface area contributed by atoms with E-state index in [1.807, 2.05) is 67.6 Å². The zero-order valence-corrected chi connectivity index (χ0v) is 15.5. The van der Waals surface area contributed by atoms with Gasteiger partial charge in [-0.05, 0) is 35.2 Å². The summed E-state index contributed by atoms with van der Waals surface area (Å²) in [6.07, 6.45) is 0. The standard InChI is InChI=1S/C23H17ClO3/c1-15-7-5-6-10-17(15)14-26-20-13-22(25)27-21-12-18(24)11-19(23(20)21)16-8-3-2-4-9-16/h2-13H,14H2,1H3. The summed E-state index contributed by atoms with van der Waals surface area (Å²) in [4.78, 5) is 12.1. The summed E-state index contributed by atoms with van der Waals surface area (Å²) in [6, 6.07) is 22.7. The lowest BCUT2D eigenvalue weighted by molar-refractivity contribution is 0.306. The molecule has 0 amide bonds. The Hall–Kier alpha value is -3.04. The van der Waals surface area contributed by atoms with Gasteiger partial charge in [0, 0.05) is 11.1 Å². The van der Waals surface area contributed by atoms with E-state index in [-0.39, 0.29) is 0 Å². The Morgan fingerprint density at radius 2 is 1.70 bits per heavy atom. The van der Waals surface area contributed by atoms with Gasteiger partial charge >= 0.3 is 5.63 Å². The van der Waals surface area contributed by atoms with Crippen LogP contribution >= 0.6 is 11.6 Å². The van der Waals surface area contributed by atoms with Gasteiger partial charge < -0.3 is 9.15 Å². The van der Waals surface area contributed by atoms with Gasteiger partial charge in [0.25, 0.3) is 0 Å². The molecular formula is C23H17ClO3. The summed E-state index contributed by atoms with van der Waals surface area (Å²) < 4.78 is 11.5. The fourth-order valence-electron chi connectivity index (χ4n) is 3.12. The summed E-state index contributed by atoms with van der Waals surface area (Å²) in [5, 5.41) is 1.24. The maximum atomic E-state index is 12.1. The van der Waals surface area contributed by atoms with E-state index in [1.165, 1.54) is 6.07 Å². The largest absolute Gasteiger partial charge is 0.488 e. The zero-order valence-electron chi connectivity index (χ0n) is 14.7. The SMILES string of the molecule is Cc1ccccc1COc1cc(=O)oc2cc(Cl)cc(-c3ccccc3)c12. The highest BCUT2D eigenvalue weighted by Crippen LogP contribution is 2.37. The molecule has 0 saturated heterocycles. The molecule has 0 N–H and O–H groups in total. The van der Waals surface area contributed by atoms with Crippen LogP contribution in [0.4, 0.5) is 0 Å².